The zero-order valence-corrected chi connectivity index (χ0v) is 10.6. The minimum atomic E-state index is 0.255. The summed E-state index contributed by atoms with van der Waals surface area (Å²) in [5.41, 5.74) is 0. The highest BCUT2D eigenvalue weighted by molar-refractivity contribution is 5.28. The summed E-state index contributed by atoms with van der Waals surface area (Å²) >= 11 is 0. The number of hydrogen-bond donors (Lipinski definition) is 1. The number of rotatable bonds is 5. The van der Waals surface area contributed by atoms with Crippen LogP contribution in [0.1, 0.15) is 25.8 Å². The lowest BCUT2D eigenvalue weighted by Gasteiger charge is -2.25. The number of imidazole rings is 1. The molecular formula is C12H21N3O2. The molecule has 0 spiro atoms. The molecule has 1 aromatic rings. The normalized spacial score (nSPS) is 22.4. The molecule has 1 fully saturated rings. The molecule has 5 nitrogen and oxygen atoms in total. The summed E-state index contributed by atoms with van der Waals surface area (Å²) in [6.45, 7) is 4.42. The van der Waals surface area contributed by atoms with E-state index in [1.807, 2.05) is 12.4 Å². The second-order valence-corrected chi connectivity index (χ2v) is 4.53. The van der Waals surface area contributed by atoms with Gasteiger partial charge in [-0.15, -0.1) is 0 Å². The Morgan fingerprint density at radius 2 is 2.59 bits per heavy atom. The Morgan fingerprint density at radius 1 is 1.71 bits per heavy atom. The number of nitrogens with zero attached hydrogens (tertiary/aromatic N) is 2. The van der Waals surface area contributed by atoms with Crippen molar-refractivity contribution >= 4 is 5.95 Å². The van der Waals surface area contributed by atoms with Crippen molar-refractivity contribution in [3.05, 3.63) is 12.4 Å². The van der Waals surface area contributed by atoms with Crippen molar-refractivity contribution in [2.45, 2.75) is 31.8 Å². The summed E-state index contributed by atoms with van der Waals surface area (Å²) in [4.78, 5) is 4.35. The van der Waals surface area contributed by atoms with Crippen molar-refractivity contribution in [1.82, 2.24) is 9.55 Å². The molecule has 0 aromatic carbocycles. The smallest absolute Gasteiger partial charge is 0.203 e. The van der Waals surface area contributed by atoms with Gasteiger partial charge in [-0.2, -0.15) is 0 Å². The van der Waals surface area contributed by atoms with E-state index in [0.29, 0.717) is 12.6 Å². The van der Waals surface area contributed by atoms with Gasteiger partial charge in [0, 0.05) is 32.2 Å². The van der Waals surface area contributed by atoms with Gasteiger partial charge in [0.2, 0.25) is 5.95 Å². The lowest BCUT2D eigenvalue weighted by atomic mass is 10.1. The van der Waals surface area contributed by atoms with Crippen LogP contribution in [0.5, 0.6) is 0 Å². The van der Waals surface area contributed by atoms with Crippen LogP contribution in [0.25, 0.3) is 0 Å². The summed E-state index contributed by atoms with van der Waals surface area (Å²) in [6.07, 6.45) is 6.12. The van der Waals surface area contributed by atoms with Crippen molar-refractivity contribution < 1.29 is 9.47 Å². The first-order valence-corrected chi connectivity index (χ1v) is 6.17. The molecule has 2 atom stereocenters. The molecule has 0 bridgehead atoms. The number of aromatic nitrogens is 2. The third-order valence-electron chi connectivity index (χ3n) is 2.99. The molecule has 0 saturated carbocycles. The van der Waals surface area contributed by atoms with E-state index in [1.54, 1.807) is 7.11 Å². The Hall–Kier alpha value is -1.07. The predicted molar refractivity (Wildman–Crippen MR) is 66.3 cm³/mol. The van der Waals surface area contributed by atoms with Gasteiger partial charge in [-0.25, -0.2) is 4.98 Å². The van der Waals surface area contributed by atoms with Crippen LogP contribution < -0.4 is 5.32 Å². The summed E-state index contributed by atoms with van der Waals surface area (Å²) in [7, 11) is 1.71. The Kier molecular flexibility index (Phi) is 4.39. The second kappa shape index (κ2) is 6.02. The van der Waals surface area contributed by atoms with Crippen LogP contribution in [-0.4, -0.2) is 42.5 Å². The van der Waals surface area contributed by atoms with Crippen molar-refractivity contribution in [3.63, 3.8) is 0 Å². The fraction of sp³-hybridized carbons (Fsp3) is 0.750. The molecule has 0 radical (unpaired) electrons. The highest BCUT2D eigenvalue weighted by atomic mass is 16.5. The topological polar surface area (TPSA) is 48.3 Å². The van der Waals surface area contributed by atoms with Crippen LogP contribution in [0, 0.1) is 0 Å². The van der Waals surface area contributed by atoms with Gasteiger partial charge < -0.3 is 19.4 Å². The van der Waals surface area contributed by atoms with E-state index < -0.39 is 0 Å². The number of hydrogen-bond acceptors (Lipinski definition) is 4. The average molecular weight is 239 g/mol. The highest BCUT2D eigenvalue weighted by Gasteiger charge is 2.18. The molecule has 1 saturated heterocycles. The molecule has 2 unspecified atom stereocenters. The minimum absolute atomic E-state index is 0.255. The molecule has 2 heterocycles. The molecule has 96 valence electrons. The van der Waals surface area contributed by atoms with E-state index in [2.05, 4.69) is 21.8 Å². The molecule has 2 rings (SSSR count). The van der Waals surface area contributed by atoms with Crippen molar-refractivity contribution in [2.24, 2.45) is 0 Å². The van der Waals surface area contributed by atoms with Crippen molar-refractivity contribution in [2.75, 3.05) is 32.2 Å². The van der Waals surface area contributed by atoms with Crippen molar-refractivity contribution in [3.8, 4) is 0 Å². The fourth-order valence-electron chi connectivity index (χ4n) is 2.17. The maximum atomic E-state index is 5.51. The van der Waals surface area contributed by atoms with Crippen LogP contribution in [0.3, 0.4) is 0 Å². The van der Waals surface area contributed by atoms with E-state index in [9.17, 15) is 0 Å². The van der Waals surface area contributed by atoms with E-state index in [4.69, 9.17) is 9.47 Å². The zero-order valence-electron chi connectivity index (χ0n) is 10.6. The van der Waals surface area contributed by atoms with Crippen molar-refractivity contribution in [1.29, 1.82) is 0 Å². The molecule has 1 N–H and O–H groups in total. The summed E-state index contributed by atoms with van der Waals surface area (Å²) in [5.74, 6) is 0.907. The highest BCUT2D eigenvalue weighted by Crippen LogP contribution is 2.23. The Balaban J connectivity index is 2.00. The fourth-order valence-corrected chi connectivity index (χ4v) is 2.17. The van der Waals surface area contributed by atoms with Gasteiger partial charge in [0.25, 0.3) is 0 Å². The maximum absolute atomic E-state index is 5.51. The SMILES string of the molecule is COCC(C)Nc1nccn1C1CCCOC1. The van der Waals surface area contributed by atoms with Gasteiger partial charge in [0.05, 0.1) is 19.3 Å². The van der Waals surface area contributed by atoms with Gasteiger partial charge >= 0.3 is 0 Å². The number of nitrogens with one attached hydrogen (secondary N) is 1. The minimum Gasteiger partial charge on any atom is -0.383 e. The van der Waals surface area contributed by atoms with E-state index >= 15 is 0 Å². The van der Waals surface area contributed by atoms with Gasteiger partial charge in [-0.05, 0) is 19.8 Å². The third kappa shape index (κ3) is 3.20. The number of anilines is 1. The Labute approximate surface area is 102 Å². The largest absolute Gasteiger partial charge is 0.383 e. The van der Waals surface area contributed by atoms with Gasteiger partial charge in [-0.3, -0.25) is 0 Å². The molecular weight excluding hydrogens is 218 g/mol. The average Bonchev–Trinajstić information content (AvgIpc) is 2.78. The van der Waals surface area contributed by atoms with E-state index in [0.717, 1.165) is 32.0 Å². The van der Waals surface area contributed by atoms with Crippen LogP contribution in [0.4, 0.5) is 5.95 Å². The van der Waals surface area contributed by atoms with Crippen LogP contribution in [-0.2, 0) is 9.47 Å². The standard InChI is InChI=1S/C12H21N3O2/c1-10(8-16-2)14-12-13-5-6-15(12)11-4-3-7-17-9-11/h5-6,10-11H,3-4,7-9H2,1-2H3,(H,13,14). The quantitative estimate of drug-likeness (QED) is 0.849. The summed E-state index contributed by atoms with van der Waals surface area (Å²) < 4.78 is 12.8. The van der Waals surface area contributed by atoms with Crippen LogP contribution in [0.15, 0.2) is 12.4 Å². The monoisotopic (exact) mass is 239 g/mol. The Morgan fingerprint density at radius 3 is 3.29 bits per heavy atom. The summed E-state index contributed by atoms with van der Waals surface area (Å²) in [5, 5.41) is 3.36. The lowest BCUT2D eigenvalue weighted by molar-refractivity contribution is 0.0597. The van der Waals surface area contributed by atoms with Crippen LogP contribution >= 0.6 is 0 Å². The first-order chi connectivity index (χ1) is 8.31. The Bertz CT molecular complexity index is 334. The molecule has 1 aromatic heterocycles. The van der Waals surface area contributed by atoms with E-state index in [1.165, 1.54) is 0 Å². The van der Waals surface area contributed by atoms with Gasteiger partial charge in [0.1, 0.15) is 0 Å². The second-order valence-electron chi connectivity index (χ2n) is 4.53. The van der Waals surface area contributed by atoms with Gasteiger partial charge in [0.15, 0.2) is 0 Å². The molecule has 1 aliphatic heterocycles. The molecule has 0 aliphatic carbocycles. The van der Waals surface area contributed by atoms with Gasteiger partial charge in [-0.1, -0.05) is 0 Å². The van der Waals surface area contributed by atoms with Crippen LogP contribution in [0.2, 0.25) is 0 Å². The number of methoxy groups -OCH3 is 1. The maximum Gasteiger partial charge on any atom is 0.203 e. The molecule has 17 heavy (non-hydrogen) atoms. The zero-order chi connectivity index (χ0) is 12.1. The molecule has 1 aliphatic rings. The molecule has 5 heteroatoms. The third-order valence-corrected chi connectivity index (χ3v) is 2.99. The first-order valence-electron chi connectivity index (χ1n) is 6.17. The predicted octanol–water partition coefficient (Wildman–Crippen LogP) is 1.68. The lowest BCUT2D eigenvalue weighted by Crippen LogP contribution is -2.26. The summed E-state index contributed by atoms with van der Waals surface area (Å²) in [6, 6.07) is 0.661. The molecule has 0 amide bonds. The first kappa shape index (κ1) is 12.4. The van der Waals surface area contributed by atoms with E-state index in [-0.39, 0.29) is 6.04 Å². The number of ether oxygens (including phenoxy) is 2.